The maximum absolute atomic E-state index is 6.57. The molecule has 2 heteroatoms. The highest BCUT2D eigenvalue weighted by Gasteiger charge is 2.19. The highest BCUT2D eigenvalue weighted by atomic mass is 16.3. The van der Waals surface area contributed by atoms with Crippen LogP contribution >= 0.6 is 0 Å². The lowest BCUT2D eigenvalue weighted by molar-refractivity contribution is 0.632. The van der Waals surface area contributed by atoms with Crippen molar-refractivity contribution >= 4 is 28.0 Å². The van der Waals surface area contributed by atoms with Gasteiger partial charge in [0.2, 0.25) is 0 Å². The van der Waals surface area contributed by atoms with Crippen LogP contribution in [-0.4, -0.2) is 0 Å². The van der Waals surface area contributed by atoms with E-state index in [0.717, 1.165) is 72.7 Å². The van der Waals surface area contributed by atoms with Crippen LogP contribution in [0.25, 0.3) is 100 Å². The van der Waals surface area contributed by atoms with E-state index in [1.807, 2.05) is 12.1 Å². The summed E-state index contributed by atoms with van der Waals surface area (Å²) < 4.78 is 6.57. The summed E-state index contributed by atoms with van der Waals surface area (Å²) in [6, 6.07) is 102. The monoisotopic (exact) mass is 893 g/mol. The number of furan rings is 1. The van der Waals surface area contributed by atoms with Crippen LogP contribution in [-0.2, 0) is 0 Å². The largest absolute Gasteiger partial charge is 0.455 e. The Bertz CT molecular complexity index is 3690. The summed E-state index contributed by atoms with van der Waals surface area (Å²) in [5, 5.41) is 1.12. The Kier molecular flexibility index (Phi) is 11.3. The molecule has 0 aliphatic carbocycles. The standard InChI is InChI=1S/C68H47NO/c1-4-15-48(16-5-1)49-27-29-50(30-28-49)52-35-41-60(42-36-52)69(62-45-39-56(40-46-62)64-24-11-10-23-63(64)55-17-6-2-7-18-55)61-43-37-53(38-44-61)51-31-33-54(34-32-51)58-21-14-22-59(47-58)68-67(57-19-8-3-9-20-57)65-25-12-13-26-66(65)70-68/h1-47H. The number of anilines is 3. The first-order valence-electron chi connectivity index (χ1n) is 23.9. The third-order valence-electron chi connectivity index (χ3n) is 13.4. The average molecular weight is 894 g/mol. The summed E-state index contributed by atoms with van der Waals surface area (Å²) in [6.07, 6.45) is 0. The Morgan fingerprint density at radius 1 is 0.229 bits per heavy atom. The Morgan fingerprint density at radius 3 is 1.06 bits per heavy atom. The molecule has 1 heterocycles. The zero-order valence-corrected chi connectivity index (χ0v) is 38.5. The van der Waals surface area contributed by atoms with Crippen LogP contribution in [0.2, 0.25) is 0 Å². The smallest absolute Gasteiger partial charge is 0.143 e. The van der Waals surface area contributed by atoms with Crippen molar-refractivity contribution in [2.24, 2.45) is 0 Å². The van der Waals surface area contributed by atoms with Gasteiger partial charge in [-0.3, -0.25) is 0 Å². The molecule has 330 valence electrons. The molecule has 0 atom stereocenters. The molecule has 0 aliphatic rings. The first kappa shape index (κ1) is 42.1. The maximum atomic E-state index is 6.57. The minimum atomic E-state index is 0.883. The van der Waals surface area contributed by atoms with Crippen LogP contribution in [0.4, 0.5) is 17.1 Å². The van der Waals surface area contributed by atoms with E-state index in [-0.39, 0.29) is 0 Å². The van der Waals surface area contributed by atoms with E-state index < -0.39 is 0 Å². The first-order chi connectivity index (χ1) is 34.7. The second kappa shape index (κ2) is 18.8. The third-order valence-corrected chi connectivity index (χ3v) is 13.4. The van der Waals surface area contributed by atoms with Gasteiger partial charge < -0.3 is 9.32 Å². The number of hydrogen-bond acceptors (Lipinski definition) is 2. The number of benzene rings is 11. The fraction of sp³-hybridized carbons (Fsp3) is 0. The Hall–Kier alpha value is -9.24. The van der Waals surface area contributed by atoms with E-state index in [1.165, 1.54) is 44.5 Å². The van der Waals surface area contributed by atoms with Crippen LogP contribution in [0.5, 0.6) is 0 Å². The van der Waals surface area contributed by atoms with Gasteiger partial charge in [-0.25, -0.2) is 0 Å². The van der Waals surface area contributed by atoms with Gasteiger partial charge in [-0.05, 0) is 121 Å². The molecule has 0 amide bonds. The highest BCUT2D eigenvalue weighted by molar-refractivity contribution is 6.02. The number of rotatable bonds is 11. The molecule has 11 aromatic carbocycles. The Balaban J connectivity index is 0.846. The lowest BCUT2D eigenvalue weighted by atomic mass is 9.94. The summed E-state index contributed by atoms with van der Waals surface area (Å²) in [5.41, 5.74) is 21.6. The van der Waals surface area contributed by atoms with Gasteiger partial charge in [0.15, 0.2) is 0 Å². The maximum Gasteiger partial charge on any atom is 0.143 e. The average Bonchev–Trinajstić information content (AvgIpc) is 3.85. The van der Waals surface area contributed by atoms with E-state index in [1.54, 1.807) is 0 Å². The lowest BCUT2D eigenvalue weighted by Gasteiger charge is -2.26. The molecule has 0 bridgehead atoms. The van der Waals surface area contributed by atoms with E-state index in [4.69, 9.17) is 4.42 Å². The number of para-hydroxylation sites is 1. The normalized spacial score (nSPS) is 11.1. The topological polar surface area (TPSA) is 16.4 Å². The molecule has 0 saturated carbocycles. The van der Waals surface area contributed by atoms with Gasteiger partial charge >= 0.3 is 0 Å². The summed E-state index contributed by atoms with van der Waals surface area (Å²) in [7, 11) is 0. The molecule has 0 aliphatic heterocycles. The molecule has 2 nitrogen and oxygen atoms in total. The fourth-order valence-electron chi connectivity index (χ4n) is 9.77. The molecule has 12 aromatic rings. The predicted octanol–water partition coefficient (Wildman–Crippen LogP) is 19.2. The molecular weight excluding hydrogens is 847 g/mol. The molecule has 0 N–H and O–H groups in total. The second-order valence-corrected chi connectivity index (χ2v) is 17.7. The minimum absolute atomic E-state index is 0.883. The first-order valence-corrected chi connectivity index (χ1v) is 23.9. The third kappa shape index (κ3) is 8.40. The highest BCUT2D eigenvalue weighted by Crippen LogP contribution is 2.43. The fourth-order valence-corrected chi connectivity index (χ4v) is 9.77. The molecule has 1 aromatic heterocycles. The van der Waals surface area contributed by atoms with Crippen molar-refractivity contribution in [3.8, 4) is 89.2 Å². The predicted molar refractivity (Wildman–Crippen MR) is 294 cm³/mol. The zero-order valence-electron chi connectivity index (χ0n) is 38.5. The second-order valence-electron chi connectivity index (χ2n) is 17.7. The van der Waals surface area contributed by atoms with E-state index in [0.29, 0.717) is 0 Å². The van der Waals surface area contributed by atoms with Crippen molar-refractivity contribution < 1.29 is 4.42 Å². The van der Waals surface area contributed by atoms with Gasteiger partial charge in [0, 0.05) is 33.6 Å². The van der Waals surface area contributed by atoms with E-state index >= 15 is 0 Å². The number of nitrogens with zero attached hydrogens (tertiary/aromatic N) is 1. The molecule has 0 unspecified atom stereocenters. The van der Waals surface area contributed by atoms with Crippen LogP contribution in [0.15, 0.2) is 290 Å². The lowest BCUT2D eigenvalue weighted by Crippen LogP contribution is -2.09. The number of hydrogen-bond donors (Lipinski definition) is 0. The zero-order chi connectivity index (χ0) is 46.6. The molecule has 0 radical (unpaired) electrons. The molecule has 0 fully saturated rings. The van der Waals surface area contributed by atoms with Crippen molar-refractivity contribution in [2.45, 2.75) is 0 Å². The van der Waals surface area contributed by atoms with Gasteiger partial charge in [0.25, 0.3) is 0 Å². The van der Waals surface area contributed by atoms with E-state index in [2.05, 4.69) is 278 Å². The summed E-state index contributed by atoms with van der Waals surface area (Å²) in [5.74, 6) is 0.883. The SMILES string of the molecule is c1ccc(-c2ccc(-c3ccc(N(c4ccc(-c5ccc(-c6cccc(-c7oc8ccccc8c7-c7ccccc7)c6)cc5)cc4)c4ccc(-c5ccccc5-c5ccccc5)cc4)cc3)cc2)cc1. The van der Waals surface area contributed by atoms with Crippen LogP contribution < -0.4 is 4.90 Å². The summed E-state index contributed by atoms with van der Waals surface area (Å²) in [6.45, 7) is 0. The minimum Gasteiger partial charge on any atom is -0.455 e. The van der Waals surface area contributed by atoms with Gasteiger partial charge in [0.05, 0.1) is 0 Å². The quantitative estimate of drug-likeness (QED) is 0.129. The van der Waals surface area contributed by atoms with Gasteiger partial charge in [-0.2, -0.15) is 0 Å². The molecule has 0 saturated heterocycles. The van der Waals surface area contributed by atoms with Crippen molar-refractivity contribution in [3.63, 3.8) is 0 Å². The summed E-state index contributed by atoms with van der Waals surface area (Å²) >= 11 is 0. The number of fused-ring (bicyclic) bond motifs is 1. The van der Waals surface area contributed by atoms with Crippen molar-refractivity contribution in [3.05, 3.63) is 285 Å². The molecule has 0 spiro atoms. The van der Waals surface area contributed by atoms with Crippen LogP contribution in [0.3, 0.4) is 0 Å². The van der Waals surface area contributed by atoms with Crippen molar-refractivity contribution in [2.75, 3.05) is 4.90 Å². The van der Waals surface area contributed by atoms with Crippen molar-refractivity contribution in [1.82, 2.24) is 0 Å². The van der Waals surface area contributed by atoms with E-state index in [9.17, 15) is 0 Å². The van der Waals surface area contributed by atoms with Crippen molar-refractivity contribution in [1.29, 1.82) is 0 Å². The van der Waals surface area contributed by atoms with Crippen LogP contribution in [0.1, 0.15) is 0 Å². The van der Waals surface area contributed by atoms with Gasteiger partial charge in [-0.15, -0.1) is 0 Å². The molecule has 70 heavy (non-hydrogen) atoms. The Morgan fingerprint density at radius 2 is 0.557 bits per heavy atom. The summed E-state index contributed by atoms with van der Waals surface area (Å²) in [4.78, 5) is 2.35. The van der Waals surface area contributed by atoms with Crippen LogP contribution in [0, 0.1) is 0 Å². The Labute approximate surface area is 409 Å². The molecule has 12 rings (SSSR count). The molecular formula is C68H47NO. The van der Waals surface area contributed by atoms with Gasteiger partial charge in [0.1, 0.15) is 11.3 Å². The van der Waals surface area contributed by atoms with Gasteiger partial charge in [-0.1, -0.05) is 237 Å².